The fourth-order valence-corrected chi connectivity index (χ4v) is 8.70. The number of hydrogen-bond acceptors (Lipinski definition) is 12. The van der Waals surface area contributed by atoms with Gasteiger partial charge in [-0.2, -0.15) is 0 Å². The van der Waals surface area contributed by atoms with Crippen molar-refractivity contribution in [1.82, 2.24) is 10.5 Å². The Labute approximate surface area is 357 Å². The van der Waals surface area contributed by atoms with Crippen molar-refractivity contribution in [1.29, 1.82) is 0 Å². The third-order valence-corrected chi connectivity index (χ3v) is 11.3. The third kappa shape index (κ3) is 5.28. The highest BCUT2D eigenvalue weighted by atomic mass is 16.8. The van der Waals surface area contributed by atoms with Crippen molar-refractivity contribution in [3.63, 3.8) is 0 Å². The molecule has 3 aliphatic heterocycles. The van der Waals surface area contributed by atoms with Gasteiger partial charge in [-0.1, -0.05) is 109 Å². The van der Waals surface area contributed by atoms with E-state index in [-0.39, 0.29) is 34.1 Å². The van der Waals surface area contributed by atoms with E-state index in [0.717, 1.165) is 0 Å². The van der Waals surface area contributed by atoms with Crippen molar-refractivity contribution in [2.75, 3.05) is 30.1 Å². The minimum Gasteiger partial charge on any atom is -0.761 e. The van der Waals surface area contributed by atoms with Crippen LogP contribution < -0.4 is 30.1 Å². The molecule has 0 saturated carbocycles. The molecule has 6 aromatic carbocycles. The van der Waals surface area contributed by atoms with Gasteiger partial charge in [-0.15, -0.1) is 0 Å². The fraction of sp³-hybridized carbons (Fsp3) is 0.0667. The van der Waals surface area contributed by atoms with E-state index in [1.165, 1.54) is 146 Å². The molecule has 0 aromatic heterocycles. The van der Waals surface area contributed by atoms with Gasteiger partial charge in [0.25, 0.3) is 35.4 Å². The summed E-state index contributed by atoms with van der Waals surface area (Å²) in [5.41, 5.74) is -14.1. The second-order valence-corrected chi connectivity index (χ2v) is 14.4. The van der Waals surface area contributed by atoms with Gasteiger partial charge in [0.2, 0.25) is 16.5 Å². The molecule has 6 amide bonds. The lowest BCUT2D eigenvalue weighted by Gasteiger charge is -2.53. The van der Waals surface area contributed by atoms with Gasteiger partial charge in [-0.25, -0.2) is 40.5 Å². The van der Waals surface area contributed by atoms with Crippen LogP contribution in [0.15, 0.2) is 182 Å². The summed E-state index contributed by atoms with van der Waals surface area (Å²) in [4.78, 5) is 96.6. The number of carbonyl (C=O) groups excluding carboxylic acids is 6. The van der Waals surface area contributed by atoms with Gasteiger partial charge in [0.1, 0.15) is 0 Å². The molecule has 9 rings (SSSR count). The van der Waals surface area contributed by atoms with Crippen LogP contribution in [0, 0.1) is 15.8 Å². The van der Waals surface area contributed by atoms with Gasteiger partial charge in [0.05, 0.1) is 34.1 Å². The lowest BCUT2D eigenvalue weighted by atomic mass is 9.55. The fourth-order valence-electron chi connectivity index (χ4n) is 8.70. The number of hydrazine groups is 3. The summed E-state index contributed by atoms with van der Waals surface area (Å²) in [5, 5.41) is 54.0. The lowest BCUT2D eigenvalue weighted by molar-refractivity contribution is -0.225. The highest BCUT2D eigenvalue weighted by Crippen LogP contribution is 2.61. The van der Waals surface area contributed by atoms with Gasteiger partial charge >= 0.3 is 0 Å². The van der Waals surface area contributed by atoms with E-state index in [0.29, 0.717) is 30.1 Å². The van der Waals surface area contributed by atoms with E-state index in [4.69, 9.17) is 0 Å². The van der Waals surface area contributed by atoms with Crippen molar-refractivity contribution in [3.05, 3.63) is 192 Å². The Morgan fingerprint density at radius 2 is 0.460 bits per heavy atom. The average Bonchev–Trinajstić information content (AvgIpc) is 3.80. The van der Waals surface area contributed by atoms with Crippen LogP contribution in [0.2, 0.25) is 0 Å². The Bertz CT molecular complexity index is 2450. The quantitative estimate of drug-likeness (QED) is 0.140. The maximum atomic E-state index is 16.4. The number of rotatable bonds is 10. The summed E-state index contributed by atoms with van der Waals surface area (Å²) >= 11 is 0. The summed E-state index contributed by atoms with van der Waals surface area (Å²) in [7, 11) is 0. The normalized spacial score (nSPS) is 18.2. The SMILES string of the molecule is O=C1N(c2ccccc2)N(c2ccccc2)C(=O)C1(N([O-])O)C1(C2(N([O-])O)C(=O)N(c3ccccc3)N(c3ccccc3)C2=O)C(=O)N(c2ccccc2)N(c2ccccc2)C1=O. The number of nitrogens with zero attached hydrogens (tertiary/aromatic N) is 8. The van der Waals surface area contributed by atoms with E-state index >= 15 is 28.8 Å². The van der Waals surface area contributed by atoms with E-state index < -0.39 is 62.4 Å². The molecule has 3 heterocycles. The molecule has 0 bridgehead atoms. The van der Waals surface area contributed by atoms with Gasteiger partial charge < -0.3 is 20.8 Å². The number of hydrogen-bond donors (Lipinski definition) is 2. The van der Waals surface area contributed by atoms with E-state index in [1.54, 1.807) is 36.4 Å². The van der Waals surface area contributed by atoms with Crippen LogP contribution in [0.5, 0.6) is 0 Å². The molecule has 3 aliphatic rings. The van der Waals surface area contributed by atoms with Crippen LogP contribution in [-0.4, -0.2) is 67.4 Å². The Morgan fingerprint density at radius 3 is 0.619 bits per heavy atom. The number of benzene rings is 6. The molecular weight excluding hydrogens is 813 g/mol. The Kier molecular flexibility index (Phi) is 9.67. The molecule has 6 aromatic rings. The first kappa shape index (κ1) is 40.3. The second kappa shape index (κ2) is 15.1. The van der Waals surface area contributed by atoms with E-state index in [9.17, 15) is 20.8 Å². The number of anilines is 6. The zero-order valence-corrected chi connectivity index (χ0v) is 32.6. The zero-order chi connectivity index (χ0) is 44.3. The first-order chi connectivity index (χ1) is 30.5. The summed E-state index contributed by atoms with van der Waals surface area (Å²) in [6.45, 7) is 0. The number of carbonyl (C=O) groups is 6. The molecule has 3 fully saturated rings. The topological polar surface area (TPSA) is 215 Å². The second-order valence-electron chi connectivity index (χ2n) is 14.4. The predicted octanol–water partition coefficient (Wildman–Crippen LogP) is 4.81. The van der Waals surface area contributed by atoms with Crippen LogP contribution in [0.3, 0.4) is 0 Å². The number of hydroxylamine groups is 4. The average molecular weight is 845 g/mol. The smallest absolute Gasteiger partial charge is 0.279 e. The Hall–Kier alpha value is -8.10. The molecule has 0 radical (unpaired) electrons. The van der Waals surface area contributed by atoms with Crippen molar-refractivity contribution in [3.8, 4) is 0 Å². The summed E-state index contributed by atoms with van der Waals surface area (Å²) in [6, 6.07) is 42.6. The number of para-hydroxylation sites is 6. The molecular formula is C45H32N8O10-2. The summed E-state index contributed by atoms with van der Waals surface area (Å²) in [5.74, 6) is -11.2. The maximum Gasteiger partial charge on any atom is 0.279 e. The van der Waals surface area contributed by atoms with Gasteiger partial charge in [-0.3, -0.25) is 28.8 Å². The molecule has 314 valence electrons. The summed E-state index contributed by atoms with van der Waals surface area (Å²) < 4.78 is 0. The first-order valence-corrected chi connectivity index (χ1v) is 19.2. The molecule has 0 spiro atoms. The lowest BCUT2D eigenvalue weighted by Crippen LogP contribution is -2.83. The zero-order valence-electron chi connectivity index (χ0n) is 32.6. The van der Waals surface area contributed by atoms with Gasteiger partial charge in [0, 0.05) is 0 Å². The van der Waals surface area contributed by atoms with Gasteiger partial charge in [0.15, 0.2) is 0 Å². The molecule has 0 atom stereocenters. The molecule has 18 nitrogen and oxygen atoms in total. The van der Waals surface area contributed by atoms with Gasteiger partial charge in [-0.05, 0) is 72.8 Å². The first-order valence-electron chi connectivity index (χ1n) is 19.2. The Balaban J connectivity index is 1.47. The monoisotopic (exact) mass is 844 g/mol. The molecule has 0 unspecified atom stereocenters. The predicted molar refractivity (Wildman–Crippen MR) is 225 cm³/mol. The highest BCUT2D eigenvalue weighted by Gasteiger charge is 2.92. The standard InChI is InChI=1S/C45H32N8O10/c54-37-43(38(55)47(32-21-9-2-10-22-32)46(37)31-19-7-1-8-20-31,44(52(60)61)39(56)48(33-23-11-3-12-24-33)49(40(44)57)34-25-13-4-14-26-34)45(53(62)63)41(58)50(35-27-15-5-16-28-35)51(42(45)59)36-29-17-6-18-30-36/h1-30,60,62H/q-2. The van der Waals surface area contributed by atoms with Crippen LogP contribution >= 0.6 is 0 Å². The molecule has 63 heavy (non-hydrogen) atoms. The third-order valence-electron chi connectivity index (χ3n) is 11.3. The van der Waals surface area contributed by atoms with Crippen LogP contribution in [0.25, 0.3) is 0 Å². The highest BCUT2D eigenvalue weighted by molar-refractivity contribution is 6.46. The van der Waals surface area contributed by atoms with Crippen molar-refractivity contribution < 1.29 is 39.2 Å². The number of amides is 6. The molecule has 3 saturated heterocycles. The van der Waals surface area contributed by atoms with Crippen LogP contribution in [0.1, 0.15) is 0 Å². The Morgan fingerprint density at radius 1 is 0.302 bits per heavy atom. The minimum atomic E-state index is -4.38. The van der Waals surface area contributed by atoms with Crippen molar-refractivity contribution >= 4 is 69.6 Å². The van der Waals surface area contributed by atoms with Crippen LogP contribution in [0.4, 0.5) is 34.1 Å². The largest absolute Gasteiger partial charge is 0.761 e. The van der Waals surface area contributed by atoms with Crippen molar-refractivity contribution in [2.24, 2.45) is 5.41 Å². The molecule has 2 N–H and O–H groups in total. The molecule has 18 heteroatoms. The van der Waals surface area contributed by atoms with Crippen LogP contribution in [-0.2, 0) is 28.8 Å². The van der Waals surface area contributed by atoms with E-state index in [1.807, 2.05) is 0 Å². The summed E-state index contributed by atoms with van der Waals surface area (Å²) in [6.07, 6.45) is 0. The van der Waals surface area contributed by atoms with E-state index in [2.05, 4.69) is 0 Å². The minimum absolute atomic E-state index is 0.172. The molecule has 0 aliphatic carbocycles. The maximum absolute atomic E-state index is 16.4. The van der Waals surface area contributed by atoms with Crippen molar-refractivity contribution in [2.45, 2.75) is 11.1 Å².